The minimum Gasteiger partial charge on any atom is -0.443 e. The van der Waals surface area contributed by atoms with Crippen LogP contribution in [-0.4, -0.2) is 79.0 Å². The molecule has 1 saturated heterocycles. The van der Waals surface area contributed by atoms with Crippen LogP contribution in [0.1, 0.15) is 62.6 Å². The highest BCUT2D eigenvalue weighted by molar-refractivity contribution is 7.47. The van der Waals surface area contributed by atoms with Gasteiger partial charge in [0.2, 0.25) is 17.8 Å². The molecule has 0 saturated carbocycles. The molecule has 0 aliphatic carbocycles. The second kappa shape index (κ2) is 17.6. The van der Waals surface area contributed by atoms with Gasteiger partial charge in [0.05, 0.1) is 18.8 Å². The van der Waals surface area contributed by atoms with Gasteiger partial charge in [0.1, 0.15) is 35.9 Å². The number of aliphatic hydroxyl groups is 2. The maximum atomic E-state index is 12.9. The molecule has 20 heteroatoms. The zero-order chi connectivity index (χ0) is 36.4. The van der Waals surface area contributed by atoms with E-state index in [1.165, 1.54) is 12.3 Å². The molecular weight excluding hydrogens is 677 g/mol. The van der Waals surface area contributed by atoms with Crippen molar-refractivity contribution in [3.8, 4) is 0 Å². The Labute approximate surface area is 287 Å². The lowest BCUT2D eigenvalue weighted by Gasteiger charge is -2.20. The van der Waals surface area contributed by atoms with Crippen LogP contribution in [0.3, 0.4) is 0 Å². The Hall–Kier alpha value is -4.20. The van der Waals surface area contributed by atoms with Crippen molar-refractivity contribution >= 4 is 25.5 Å². The largest absolute Gasteiger partial charge is 0.493 e. The Kier molecular flexibility index (Phi) is 13.6. The van der Waals surface area contributed by atoms with Crippen molar-refractivity contribution in [3.05, 3.63) is 76.5 Å². The van der Waals surface area contributed by atoms with Crippen LogP contribution in [-0.2, 0) is 29.7 Å². The van der Waals surface area contributed by atoms with E-state index in [4.69, 9.17) is 30.9 Å². The summed E-state index contributed by atoms with van der Waals surface area (Å²) in [5.41, 5.74) is 19.5. The summed E-state index contributed by atoms with van der Waals surface area (Å²) in [5.74, 6) is 0.514. The van der Waals surface area contributed by atoms with Gasteiger partial charge in [-0.05, 0) is 36.8 Å². The zero-order valence-corrected chi connectivity index (χ0v) is 28.5. The molecule has 3 heterocycles. The molecule has 1 aliphatic heterocycles. The molecule has 0 radical (unpaired) electrons. The maximum absolute atomic E-state index is 12.9. The zero-order valence-electron chi connectivity index (χ0n) is 27.6. The van der Waals surface area contributed by atoms with E-state index in [1.807, 2.05) is 49.7 Å². The number of nitrogens with one attached hydrogen (secondary N) is 2. The van der Waals surface area contributed by atoms with Crippen LogP contribution in [0.4, 0.5) is 5.82 Å². The first-order valence-electron chi connectivity index (χ1n) is 15.8. The number of carbonyl (C=O) groups excluding carboxylic acids is 1. The van der Waals surface area contributed by atoms with Crippen molar-refractivity contribution in [1.29, 1.82) is 0 Å². The van der Waals surface area contributed by atoms with Crippen LogP contribution in [0.5, 0.6) is 0 Å². The number of anilines is 1. The minimum absolute atomic E-state index is 0.0531. The van der Waals surface area contributed by atoms with Gasteiger partial charge >= 0.3 is 13.5 Å². The summed E-state index contributed by atoms with van der Waals surface area (Å²) in [6.45, 7) is 3.44. The van der Waals surface area contributed by atoms with E-state index < -0.39 is 56.7 Å². The lowest BCUT2D eigenvalue weighted by atomic mass is 10.0. The summed E-state index contributed by atoms with van der Waals surface area (Å²) >= 11 is 0. The Bertz CT molecular complexity index is 1690. The van der Waals surface area contributed by atoms with Crippen molar-refractivity contribution < 1.29 is 42.8 Å². The van der Waals surface area contributed by atoms with Gasteiger partial charge in [-0.3, -0.25) is 18.9 Å². The predicted octanol–water partition coefficient (Wildman–Crippen LogP) is -0.0125. The number of hydrogen-bond donors (Lipinski definition) is 8. The SMILES string of the molecule is CC(C)CC(NC(=O)C(N)CCCN=C(N)NOP(=O)(O)OC[C@H]1O[C@@H](n2ccc(N)nc2=O)[C@H](O)[C@@H]1O)c1ncc(Cc2ccccc2)o1. The minimum atomic E-state index is -4.81. The molecule has 3 unspecified atom stereocenters. The van der Waals surface area contributed by atoms with Gasteiger partial charge in [-0.2, -0.15) is 9.61 Å². The molecule has 7 atom stereocenters. The number of oxazole rings is 1. The van der Waals surface area contributed by atoms with Crippen LogP contribution in [0, 0.1) is 5.92 Å². The Balaban J connectivity index is 1.18. The van der Waals surface area contributed by atoms with E-state index in [0.29, 0.717) is 30.9 Å². The number of hydroxylamine groups is 1. The van der Waals surface area contributed by atoms with E-state index in [2.05, 4.69) is 24.9 Å². The van der Waals surface area contributed by atoms with Crippen LogP contribution in [0.25, 0.3) is 0 Å². The lowest BCUT2D eigenvalue weighted by molar-refractivity contribution is -0.123. The number of aliphatic hydroxyl groups excluding tert-OH is 2. The van der Waals surface area contributed by atoms with E-state index in [0.717, 1.165) is 10.1 Å². The number of benzene rings is 1. The summed E-state index contributed by atoms with van der Waals surface area (Å²) in [7, 11) is -4.81. The summed E-state index contributed by atoms with van der Waals surface area (Å²) < 4.78 is 34.1. The maximum Gasteiger partial charge on any atom is 0.493 e. The summed E-state index contributed by atoms with van der Waals surface area (Å²) in [6.07, 6.45) is -1.21. The summed E-state index contributed by atoms with van der Waals surface area (Å²) in [5, 5.41) is 23.5. The van der Waals surface area contributed by atoms with Crippen molar-refractivity contribution in [2.45, 2.75) is 76.2 Å². The molecular formula is C30H44N9O10P. The molecule has 50 heavy (non-hydrogen) atoms. The lowest BCUT2D eigenvalue weighted by Crippen LogP contribution is -2.42. The first-order valence-corrected chi connectivity index (χ1v) is 17.3. The standard InChI is InChI=1S/C30H44N9O10P/c1-17(2)13-21(27-35-15-19(47-27)14-18-7-4-3-5-8-18)36-26(42)20(31)9-6-11-34-29(33)38-49-50(44,45)46-16-22-24(40)25(41)28(48-22)39-12-10-23(32)37-30(39)43/h3-5,7-8,10,12,15,17,20-22,24-25,28,40-41H,6,9,11,13-14,16,31H2,1-2H3,(H,36,42)(H,44,45)(H2,32,37,43)(H3,33,34,38)/t20?,21?,22-,24-,25-,28-/m1/s1. The van der Waals surface area contributed by atoms with Crippen LogP contribution < -0.4 is 33.7 Å². The predicted molar refractivity (Wildman–Crippen MR) is 179 cm³/mol. The molecule has 1 aliphatic rings. The van der Waals surface area contributed by atoms with Gasteiger partial charge in [-0.15, -0.1) is 0 Å². The molecule has 4 rings (SSSR count). The molecule has 11 N–H and O–H groups in total. The highest BCUT2D eigenvalue weighted by atomic mass is 31.2. The van der Waals surface area contributed by atoms with Crippen molar-refractivity contribution in [2.24, 2.45) is 22.4 Å². The van der Waals surface area contributed by atoms with E-state index in [9.17, 15) is 29.3 Å². The molecule has 0 bridgehead atoms. The number of amides is 1. The van der Waals surface area contributed by atoms with E-state index in [-0.39, 0.29) is 36.6 Å². The number of rotatable bonds is 17. The van der Waals surface area contributed by atoms with Crippen molar-refractivity contribution in [2.75, 3.05) is 18.9 Å². The van der Waals surface area contributed by atoms with Gasteiger partial charge in [0.15, 0.2) is 6.23 Å². The summed E-state index contributed by atoms with van der Waals surface area (Å²) in [4.78, 5) is 46.9. The molecule has 1 amide bonds. The number of aliphatic imine (C=N–C) groups is 1. The first-order chi connectivity index (χ1) is 23.7. The second-order valence-electron chi connectivity index (χ2n) is 12.1. The number of aromatic nitrogens is 3. The molecule has 19 nitrogen and oxygen atoms in total. The number of phosphoric ester groups is 1. The molecule has 0 spiro atoms. The van der Waals surface area contributed by atoms with E-state index in [1.54, 1.807) is 6.20 Å². The third-order valence-electron chi connectivity index (χ3n) is 7.54. The fourth-order valence-electron chi connectivity index (χ4n) is 5.02. The average Bonchev–Trinajstić information content (AvgIpc) is 3.64. The molecule has 1 fully saturated rings. The number of ether oxygens (including phenoxy) is 1. The number of hydrogen-bond acceptors (Lipinski definition) is 14. The topological polar surface area (TPSA) is 298 Å². The average molecular weight is 722 g/mol. The summed E-state index contributed by atoms with van der Waals surface area (Å²) in [6, 6.07) is 9.78. The number of nitrogens with two attached hydrogens (primary N) is 3. The van der Waals surface area contributed by atoms with Gasteiger partial charge in [-0.25, -0.2) is 19.8 Å². The molecule has 2 aromatic heterocycles. The number of carbonyl (C=O) groups is 1. The Morgan fingerprint density at radius 3 is 2.64 bits per heavy atom. The Morgan fingerprint density at radius 2 is 1.94 bits per heavy atom. The van der Waals surface area contributed by atoms with Crippen LogP contribution >= 0.6 is 7.82 Å². The molecule has 3 aromatic rings. The quantitative estimate of drug-likeness (QED) is 0.0299. The van der Waals surface area contributed by atoms with Gasteiger partial charge < -0.3 is 46.8 Å². The van der Waals surface area contributed by atoms with Crippen LogP contribution in [0.15, 0.2) is 63.0 Å². The number of nitrogen functional groups attached to an aromatic ring is 1. The molecule has 274 valence electrons. The van der Waals surface area contributed by atoms with E-state index >= 15 is 0 Å². The smallest absolute Gasteiger partial charge is 0.443 e. The van der Waals surface area contributed by atoms with Crippen molar-refractivity contribution in [1.82, 2.24) is 25.3 Å². The van der Waals surface area contributed by atoms with Gasteiger partial charge in [0, 0.05) is 19.2 Å². The highest BCUT2D eigenvalue weighted by Crippen LogP contribution is 2.43. The fraction of sp³-hybridized carbons (Fsp3) is 0.500. The number of guanidine groups is 1. The van der Waals surface area contributed by atoms with Gasteiger partial charge in [-0.1, -0.05) is 44.2 Å². The fourth-order valence-corrected chi connectivity index (χ4v) is 5.62. The van der Waals surface area contributed by atoms with Crippen LogP contribution in [0.2, 0.25) is 0 Å². The molecule has 1 aromatic carbocycles. The normalized spacial score (nSPS) is 21.9. The second-order valence-corrected chi connectivity index (χ2v) is 13.5. The number of phosphoric acid groups is 1. The third-order valence-corrected chi connectivity index (χ3v) is 8.33. The highest BCUT2D eigenvalue weighted by Gasteiger charge is 2.45. The third kappa shape index (κ3) is 11.2. The number of nitrogens with zero attached hydrogens (tertiary/aromatic N) is 4. The first kappa shape index (κ1) is 38.6. The Morgan fingerprint density at radius 1 is 1.20 bits per heavy atom. The van der Waals surface area contributed by atoms with Gasteiger partial charge in [0.25, 0.3) is 0 Å². The monoisotopic (exact) mass is 721 g/mol. The van der Waals surface area contributed by atoms with Crippen molar-refractivity contribution in [3.63, 3.8) is 0 Å².